The number of hydrogen-bond acceptors (Lipinski definition) is 2. The van der Waals surface area contributed by atoms with Crippen molar-refractivity contribution in [1.82, 2.24) is 5.32 Å². The van der Waals surface area contributed by atoms with Crippen LogP contribution in [0.2, 0.25) is 0 Å². The van der Waals surface area contributed by atoms with Gasteiger partial charge in [-0.25, -0.2) is 0 Å². The third-order valence-electron chi connectivity index (χ3n) is 2.79. The predicted octanol–water partition coefficient (Wildman–Crippen LogP) is 3.64. The van der Waals surface area contributed by atoms with Gasteiger partial charge in [0.2, 0.25) is 0 Å². The quantitative estimate of drug-likeness (QED) is 0.869. The number of aliphatic hydroxyl groups excluding tert-OH is 1. The maximum Gasteiger partial charge on any atom is 0.0669 e. The average molecular weight is 314 g/mol. The molecule has 0 aliphatic rings. The van der Waals surface area contributed by atoms with Crippen LogP contribution in [0.1, 0.15) is 38.3 Å². The van der Waals surface area contributed by atoms with Crippen molar-refractivity contribution in [3.8, 4) is 0 Å². The van der Waals surface area contributed by atoms with Gasteiger partial charge in [-0.1, -0.05) is 48.8 Å². The second kappa shape index (κ2) is 6.69. The Hall–Kier alpha value is -0.380. The van der Waals surface area contributed by atoms with Gasteiger partial charge in [0.1, 0.15) is 0 Å². The molecule has 1 aromatic carbocycles. The molecule has 1 rings (SSSR count). The SMILES string of the molecule is Cc1ccc(CNCC(O)CC(C)(C)C)cc1Br. The van der Waals surface area contributed by atoms with E-state index in [0.717, 1.165) is 17.4 Å². The first-order valence-corrected chi connectivity index (χ1v) is 7.21. The summed E-state index contributed by atoms with van der Waals surface area (Å²) in [7, 11) is 0. The Bertz CT molecular complexity index is 385. The summed E-state index contributed by atoms with van der Waals surface area (Å²) in [5, 5.41) is 13.2. The third kappa shape index (κ3) is 5.98. The number of nitrogens with one attached hydrogen (secondary N) is 1. The highest BCUT2D eigenvalue weighted by Crippen LogP contribution is 2.20. The van der Waals surface area contributed by atoms with Crippen molar-refractivity contribution in [2.24, 2.45) is 5.41 Å². The van der Waals surface area contributed by atoms with Gasteiger partial charge in [-0.15, -0.1) is 0 Å². The van der Waals surface area contributed by atoms with Crippen LogP contribution in [-0.4, -0.2) is 17.8 Å². The smallest absolute Gasteiger partial charge is 0.0669 e. The van der Waals surface area contributed by atoms with E-state index in [1.54, 1.807) is 0 Å². The molecular formula is C15H24BrNO. The summed E-state index contributed by atoms with van der Waals surface area (Å²) >= 11 is 3.53. The van der Waals surface area contributed by atoms with Crippen molar-refractivity contribution >= 4 is 15.9 Å². The van der Waals surface area contributed by atoms with E-state index in [4.69, 9.17) is 0 Å². The lowest BCUT2D eigenvalue weighted by molar-refractivity contribution is 0.119. The molecule has 0 bridgehead atoms. The Balaban J connectivity index is 2.35. The van der Waals surface area contributed by atoms with Crippen molar-refractivity contribution in [2.75, 3.05) is 6.54 Å². The Morgan fingerprint density at radius 2 is 2.00 bits per heavy atom. The van der Waals surface area contributed by atoms with Crippen LogP contribution in [0.25, 0.3) is 0 Å². The third-order valence-corrected chi connectivity index (χ3v) is 3.65. The van der Waals surface area contributed by atoms with E-state index in [1.807, 2.05) is 0 Å². The molecule has 0 aliphatic heterocycles. The van der Waals surface area contributed by atoms with Crippen LogP contribution in [0.4, 0.5) is 0 Å². The van der Waals surface area contributed by atoms with Gasteiger partial charge in [0.15, 0.2) is 0 Å². The number of aryl methyl sites for hydroxylation is 1. The van der Waals surface area contributed by atoms with E-state index in [2.05, 4.69) is 67.1 Å². The number of aliphatic hydroxyl groups is 1. The predicted molar refractivity (Wildman–Crippen MR) is 80.7 cm³/mol. The molecule has 0 amide bonds. The molecule has 2 nitrogen and oxygen atoms in total. The molecule has 1 atom stereocenters. The highest BCUT2D eigenvalue weighted by atomic mass is 79.9. The molecule has 0 saturated carbocycles. The normalized spacial score (nSPS) is 13.7. The largest absolute Gasteiger partial charge is 0.392 e. The summed E-state index contributed by atoms with van der Waals surface area (Å²) < 4.78 is 1.14. The standard InChI is InChI=1S/C15H24BrNO/c1-11-5-6-12(7-14(11)16)9-17-10-13(18)8-15(2,3)4/h5-7,13,17-18H,8-10H2,1-4H3. The summed E-state index contributed by atoms with van der Waals surface area (Å²) in [6.45, 7) is 9.95. The molecule has 0 aromatic heterocycles. The molecule has 1 unspecified atom stereocenters. The minimum absolute atomic E-state index is 0.175. The fraction of sp³-hybridized carbons (Fsp3) is 0.600. The summed E-state index contributed by atoms with van der Waals surface area (Å²) in [6.07, 6.45) is 0.538. The molecular weight excluding hydrogens is 290 g/mol. The van der Waals surface area contributed by atoms with Gasteiger partial charge in [-0.3, -0.25) is 0 Å². The van der Waals surface area contributed by atoms with Gasteiger partial charge in [-0.05, 0) is 36.0 Å². The Labute approximate surface area is 119 Å². The number of benzene rings is 1. The van der Waals surface area contributed by atoms with E-state index in [9.17, 15) is 5.11 Å². The maximum atomic E-state index is 9.89. The topological polar surface area (TPSA) is 32.3 Å². The van der Waals surface area contributed by atoms with Crippen LogP contribution in [-0.2, 0) is 6.54 Å². The zero-order chi connectivity index (χ0) is 13.8. The Morgan fingerprint density at radius 1 is 1.33 bits per heavy atom. The van der Waals surface area contributed by atoms with E-state index in [-0.39, 0.29) is 11.5 Å². The Kier molecular flexibility index (Phi) is 5.83. The lowest BCUT2D eigenvalue weighted by Crippen LogP contribution is -2.29. The summed E-state index contributed by atoms with van der Waals surface area (Å²) in [5.41, 5.74) is 2.65. The van der Waals surface area contributed by atoms with Gasteiger partial charge in [0.25, 0.3) is 0 Å². The zero-order valence-corrected chi connectivity index (χ0v) is 13.3. The second-order valence-electron chi connectivity index (χ2n) is 6.13. The second-order valence-corrected chi connectivity index (χ2v) is 6.99. The molecule has 0 spiro atoms. The summed E-state index contributed by atoms with van der Waals surface area (Å²) in [4.78, 5) is 0. The number of hydrogen-bond donors (Lipinski definition) is 2. The molecule has 3 heteroatoms. The molecule has 0 heterocycles. The van der Waals surface area contributed by atoms with E-state index >= 15 is 0 Å². The van der Waals surface area contributed by atoms with Gasteiger partial charge in [0.05, 0.1) is 6.10 Å². The van der Waals surface area contributed by atoms with Crippen molar-refractivity contribution in [1.29, 1.82) is 0 Å². The Morgan fingerprint density at radius 3 is 2.56 bits per heavy atom. The van der Waals surface area contributed by atoms with Crippen LogP contribution in [0.3, 0.4) is 0 Å². The first-order valence-electron chi connectivity index (χ1n) is 6.42. The molecule has 2 N–H and O–H groups in total. The molecule has 0 saturated heterocycles. The molecule has 0 radical (unpaired) electrons. The van der Waals surface area contributed by atoms with E-state index < -0.39 is 0 Å². The first-order chi connectivity index (χ1) is 8.28. The molecule has 18 heavy (non-hydrogen) atoms. The fourth-order valence-corrected chi connectivity index (χ4v) is 2.33. The number of halogens is 1. The van der Waals surface area contributed by atoms with Crippen molar-refractivity contribution < 1.29 is 5.11 Å². The summed E-state index contributed by atoms with van der Waals surface area (Å²) in [5.74, 6) is 0. The van der Waals surface area contributed by atoms with Crippen LogP contribution in [0.5, 0.6) is 0 Å². The van der Waals surface area contributed by atoms with E-state index in [1.165, 1.54) is 11.1 Å². The summed E-state index contributed by atoms with van der Waals surface area (Å²) in [6, 6.07) is 6.34. The van der Waals surface area contributed by atoms with Crippen molar-refractivity contribution in [3.05, 3.63) is 33.8 Å². The lowest BCUT2D eigenvalue weighted by Gasteiger charge is -2.22. The minimum atomic E-state index is -0.279. The van der Waals surface area contributed by atoms with Gasteiger partial charge in [-0.2, -0.15) is 0 Å². The first kappa shape index (κ1) is 15.7. The van der Waals surface area contributed by atoms with Crippen molar-refractivity contribution in [2.45, 2.75) is 46.8 Å². The zero-order valence-electron chi connectivity index (χ0n) is 11.8. The van der Waals surface area contributed by atoms with Gasteiger partial charge < -0.3 is 10.4 Å². The van der Waals surface area contributed by atoms with Crippen LogP contribution in [0, 0.1) is 12.3 Å². The van der Waals surface area contributed by atoms with Crippen LogP contribution in [0.15, 0.2) is 22.7 Å². The minimum Gasteiger partial charge on any atom is -0.392 e. The highest BCUT2D eigenvalue weighted by molar-refractivity contribution is 9.10. The molecule has 1 aromatic rings. The monoisotopic (exact) mass is 313 g/mol. The number of rotatable bonds is 5. The molecule has 0 fully saturated rings. The van der Waals surface area contributed by atoms with Crippen LogP contribution >= 0.6 is 15.9 Å². The van der Waals surface area contributed by atoms with Gasteiger partial charge in [0, 0.05) is 17.6 Å². The van der Waals surface area contributed by atoms with Gasteiger partial charge >= 0.3 is 0 Å². The maximum absolute atomic E-state index is 9.89. The lowest BCUT2D eigenvalue weighted by atomic mass is 9.89. The molecule has 102 valence electrons. The molecule has 0 aliphatic carbocycles. The van der Waals surface area contributed by atoms with Crippen LogP contribution < -0.4 is 5.32 Å². The average Bonchev–Trinajstić information content (AvgIpc) is 2.20. The highest BCUT2D eigenvalue weighted by Gasteiger charge is 2.16. The fourth-order valence-electron chi connectivity index (χ4n) is 1.91. The van der Waals surface area contributed by atoms with Crippen molar-refractivity contribution in [3.63, 3.8) is 0 Å². The van der Waals surface area contributed by atoms with E-state index in [0.29, 0.717) is 6.54 Å².